The van der Waals surface area contributed by atoms with Crippen LogP contribution in [0.1, 0.15) is 50.3 Å². The minimum Gasteiger partial charge on any atom is -0.351 e. The Balaban J connectivity index is 1.44. The van der Waals surface area contributed by atoms with Crippen molar-refractivity contribution in [3.8, 4) is 0 Å². The van der Waals surface area contributed by atoms with E-state index >= 15 is 0 Å². The Bertz CT molecular complexity index is 1370. The third kappa shape index (κ3) is 5.33. The van der Waals surface area contributed by atoms with Crippen LogP contribution in [0.2, 0.25) is 0 Å². The summed E-state index contributed by atoms with van der Waals surface area (Å²) in [5, 5.41) is 7.14. The molecule has 3 heterocycles. The maximum Gasteiger partial charge on any atom is 0.261 e. The van der Waals surface area contributed by atoms with Gasteiger partial charge in [0.2, 0.25) is 5.89 Å². The highest BCUT2D eigenvalue weighted by Gasteiger charge is 2.19. The number of H-pyrrole nitrogens is 1. The topological polar surface area (TPSA) is 114 Å². The lowest BCUT2D eigenvalue weighted by atomic mass is 10.2. The van der Waals surface area contributed by atoms with Crippen LogP contribution in [0, 0.1) is 27.7 Å². The number of thioether (sulfide) groups is 1. The van der Waals surface area contributed by atoms with Gasteiger partial charge in [0, 0.05) is 17.9 Å². The minimum absolute atomic E-state index is 0.206. The van der Waals surface area contributed by atoms with Gasteiger partial charge in [-0.1, -0.05) is 22.9 Å². The van der Waals surface area contributed by atoms with Crippen LogP contribution in [0.3, 0.4) is 0 Å². The summed E-state index contributed by atoms with van der Waals surface area (Å²) in [5.41, 5.74) is 2.82. The van der Waals surface area contributed by atoms with Gasteiger partial charge in [0.25, 0.3) is 11.5 Å². The lowest BCUT2D eigenvalue weighted by Gasteiger charge is -2.06. The van der Waals surface area contributed by atoms with Crippen LogP contribution in [0.5, 0.6) is 0 Å². The second kappa shape index (κ2) is 9.88. The molecule has 3 aromatic heterocycles. The summed E-state index contributed by atoms with van der Waals surface area (Å²) in [6.07, 6.45) is 1.27. The first-order valence-corrected chi connectivity index (χ1v) is 12.4. The summed E-state index contributed by atoms with van der Waals surface area (Å²) < 4.78 is 5.08. The van der Waals surface area contributed by atoms with Crippen molar-refractivity contribution in [1.29, 1.82) is 0 Å². The molecule has 1 amide bonds. The smallest absolute Gasteiger partial charge is 0.261 e. The molecule has 10 heteroatoms. The fourth-order valence-corrected chi connectivity index (χ4v) is 5.56. The van der Waals surface area contributed by atoms with Gasteiger partial charge in [-0.2, -0.15) is 4.98 Å². The standard InChI is InChI=1S/C23H25N5O3S2/c1-12-7-8-13(2)16(10-12)32-11-17-26-21(29)19-14(3)20(33-23(19)27-17)22(30)24-9-5-6-18-25-15(4)28-31-18/h7-8,10H,5-6,9,11H2,1-4H3,(H,24,30)(H,26,27,29). The molecule has 0 fully saturated rings. The minimum atomic E-state index is -0.212. The number of fused-ring (bicyclic) bond motifs is 1. The Morgan fingerprint density at radius 3 is 2.79 bits per heavy atom. The summed E-state index contributed by atoms with van der Waals surface area (Å²) in [6, 6.07) is 6.31. The van der Waals surface area contributed by atoms with Crippen molar-refractivity contribution >= 4 is 39.2 Å². The first kappa shape index (κ1) is 23.2. The molecule has 0 radical (unpaired) electrons. The number of thiophene rings is 1. The van der Waals surface area contributed by atoms with Gasteiger partial charge >= 0.3 is 0 Å². The molecule has 1 aromatic carbocycles. The number of carbonyl (C=O) groups excluding carboxylic acids is 1. The molecule has 0 atom stereocenters. The number of hydrogen-bond acceptors (Lipinski definition) is 8. The number of carbonyl (C=O) groups is 1. The van der Waals surface area contributed by atoms with Crippen molar-refractivity contribution in [3.63, 3.8) is 0 Å². The fourth-order valence-electron chi connectivity index (χ4n) is 3.45. The molecule has 0 aliphatic rings. The van der Waals surface area contributed by atoms with Crippen molar-refractivity contribution in [2.24, 2.45) is 0 Å². The Morgan fingerprint density at radius 1 is 1.21 bits per heavy atom. The number of amides is 1. The van der Waals surface area contributed by atoms with Crippen molar-refractivity contribution in [2.45, 2.75) is 51.2 Å². The van der Waals surface area contributed by atoms with Gasteiger partial charge in [0.05, 0.1) is 16.0 Å². The predicted molar refractivity (Wildman–Crippen MR) is 130 cm³/mol. The summed E-state index contributed by atoms with van der Waals surface area (Å²) in [7, 11) is 0. The van der Waals surface area contributed by atoms with Gasteiger partial charge in [-0.25, -0.2) is 4.98 Å². The second-order valence-electron chi connectivity index (χ2n) is 7.90. The predicted octanol–water partition coefficient (Wildman–Crippen LogP) is 4.26. The van der Waals surface area contributed by atoms with Crippen LogP contribution in [0.15, 0.2) is 32.4 Å². The first-order valence-electron chi connectivity index (χ1n) is 10.6. The molecule has 2 N–H and O–H groups in total. The van der Waals surface area contributed by atoms with Crippen molar-refractivity contribution in [1.82, 2.24) is 25.4 Å². The number of aromatic nitrogens is 4. The van der Waals surface area contributed by atoms with Crippen LogP contribution < -0.4 is 10.9 Å². The van der Waals surface area contributed by atoms with Gasteiger partial charge in [0.1, 0.15) is 10.7 Å². The molecule has 4 aromatic rings. The second-order valence-corrected chi connectivity index (χ2v) is 9.92. The highest BCUT2D eigenvalue weighted by atomic mass is 32.2. The number of rotatable bonds is 8. The maximum absolute atomic E-state index is 12.8. The van der Waals surface area contributed by atoms with E-state index in [1.54, 1.807) is 25.6 Å². The van der Waals surface area contributed by atoms with Crippen molar-refractivity contribution in [2.75, 3.05) is 6.54 Å². The Morgan fingerprint density at radius 2 is 2.03 bits per heavy atom. The Labute approximate surface area is 199 Å². The molecule has 4 rings (SSSR count). The van der Waals surface area contributed by atoms with Gasteiger partial charge < -0.3 is 14.8 Å². The molecule has 8 nitrogen and oxygen atoms in total. The number of nitrogens with one attached hydrogen (secondary N) is 2. The SMILES string of the molecule is Cc1ccc(C)c(SCc2nc3sc(C(=O)NCCCc4nc(C)no4)c(C)c3c(=O)[nH]2)c1. The third-order valence-electron chi connectivity index (χ3n) is 5.19. The molecule has 0 spiro atoms. The summed E-state index contributed by atoms with van der Waals surface area (Å²) in [5.74, 6) is 2.09. The average Bonchev–Trinajstić information content (AvgIpc) is 3.34. The molecule has 0 aliphatic heterocycles. The Kier molecular flexibility index (Phi) is 6.94. The van der Waals surface area contributed by atoms with Crippen LogP contribution in [-0.4, -0.2) is 32.6 Å². The molecule has 0 saturated heterocycles. The normalized spacial score (nSPS) is 11.3. The van der Waals surface area contributed by atoms with Gasteiger partial charge in [0.15, 0.2) is 5.82 Å². The number of aromatic amines is 1. The van der Waals surface area contributed by atoms with Gasteiger partial charge in [-0.15, -0.1) is 23.1 Å². The quantitative estimate of drug-likeness (QED) is 0.284. The summed E-state index contributed by atoms with van der Waals surface area (Å²) >= 11 is 2.89. The molecular formula is C23H25N5O3S2. The van der Waals surface area contributed by atoms with Crippen LogP contribution in [0.25, 0.3) is 10.2 Å². The fraction of sp³-hybridized carbons (Fsp3) is 0.348. The molecule has 0 aliphatic carbocycles. The average molecular weight is 484 g/mol. The van der Waals surface area contributed by atoms with Crippen molar-refractivity contribution < 1.29 is 9.32 Å². The first-order chi connectivity index (χ1) is 15.8. The van der Waals surface area contributed by atoms with Crippen LogP contribution in [0.4, 0.5) is 0 Å². The van der Waals surface area contributed by atoms with Crippen LogP contribution in [-0.2, 0) is 12.2 Å². The molecule has 33 heavy (non-hydrogen) atoms. The van der Waals surface area contributed by atoms with E-state index in [0.717, 1.165) is 4.90 Å². The van der Waals surface area contributed by atoms with E-state index in [0.29, 0.717) is 63.3 Å². The van der Waals surface area contributed by atoms with Gasteiger partial charge in [-0.3, -0.25) is 9.59 Å². The Hall–Kier alpha value is -2.98. The zero-order valence-corrected chi connectivity index (χ0v) is 20.6. The van der Waals surface area contributed by atoms with E-state index in [-0.39, 0.29) is 11.5 Å². The number of aryl methyl sites for hydroxylation is 5. The third-order valence-corrected chi connectivity index (χ3v) is 7.54. The van der Waals surface area contributed by atoms with E-state index in [4.69, 9.17) is 4.52 Å². The zero-order valence-electron chi connectivity index (χ0n) is 18.9. The number of hydrogen-bond donors (Lipinski definition) is 2. The number of benzene rings is 1. The lowest BCUT2D eigenvalue weighted by molar-refractivity contribution is 0.0956. The zero-order chi connectivity index (χ0) is 23.5. The monoisotopic (exact) mass is 483 g/mol. The molecule has 0 saturated carbocycles. The molecule has 0 unspecified atom stereocenters. The highest BCUT2D eigenvalue weighted by molar-refractivity contribution is 7.98. The van der Waals surface area contributed by atoms with E-state index in [1.807, 2.05) is 0 Å². The maximum atomic E-state index is 12.8. The molecular weight excluding hydrogens is 458 g/mol. The van der Waals surface area contributed by atoms with E-state index in [9.17, 15) is 9.59 Å². The molecule has 172 valence electrons. The van der Waals surface area contributed by atoms with Gasteiger partial charge in [-0.05, 0) is 51.3 Å². The number of nitrogens with zero attached hydrogens (tertiary/aromatic N) is 3. The molecule has 0 bridgehead atoms. The van der Waals surface area contributed by atoms with Crippen LogP contribution >= 0.6 is 23.1 Å². The van der Waals surface area contributed by atoms with E-state index in [2.05, 4.69) is 57.5 Å². The highest BCUT2D eigenvalue weighted by Crippen LogP contribution is 2.29. The summed E-state index contributed by atoms with van der Waals surface area (Å²) in [6.45, 7) is 8.15. The summed E-state index contributed by atoms with van der Waals surface area (Å²) in [4.78, 5) is 39.4. The largest absolute Gasteiger partial charge is 0.351 e. The lowest BCUT2D eigenvalue weighted by Crippen LogP contribution is -2.24. The van der Waals surface area contributed by atoms with E-state index in [1.165, 1.54) is 22.5 Å². The van der Waals surface area contributed by atoms with Crippen molar-refractivity contribution in [3.05, 3.63) is 67.7 Å². The van der Waals surface area contributed by atoms with E-state index < -0.39 is 0 Å².